The molecule has 0 saturated carbocycles. The minimum atomic E-state index is -1.63. The van der Waals surface area contributed by atoms with Gasteiger partial charge in [0.05, 0.1) is 0 Å². The molecule has 3 rings (SSSR count). The molecule has 8 heteroatoms. The monoisotopic (exact) mass is 385 g/mol. The summed E-state index contributed by atoms with van der Waals surface area (Å²) in [4.78, 5) is 14.4. The third kappa shape index (κ3) is 3.79. The van der Waals surface area contributed by atoms with Gasteiger partial charge in [-0.05, 0) is 45.2 Å². The van der Waals surface area contributed by atoms with E-state index in [0.29, 0.717) is 0 Å². The predicted octanol–water partition coefficient (Wildman–Crippen LogP) is 4.82. The molecule has 1 aromatic heterocycles. The molecule has 1 fully saturated rings. The Kier molecular flexibility index (Phi) is 5.43. The summed E-state index contributed by atoms with van der Waals surface area (Å²) in [6, 6.07) is 3.10. The maximum Gasteiger partial charge on any atom is 0.290 e. The molecule has 146 valence electrons. The number of amides is 1. The van der Waals surface area contributed by atoms with E-state index >= 15 is 0 Å². The van der Waals surface area contributed by atoms with E-state index in [1.807, 2.05) is 13.8 Å². The minimum Gasteiger partial charge on any atom is -0.479 e. The van der Waals surface area contributed by atoms with Crippen LogP contribution in [-0.2, 0) is 6.61 Å². The first-order valence-corrected chi connectivity index (χ1v) is 8.66. The number of carbonyl (C=O) groups is 1. The number of carbonyl (C=O) groups excluding carboxylic acids is 1. The highest BCUT2D eigenvalue weighted by Gasteiger charge is 2.31. The van der Waals surface area contributed by atoms with E-state index < -0.39 is 35.6 Å². The van der Waals surface area contributed by atoms with Crippen LogP contribution >= 0.6 is 0 Å². The van der Waals surface area contributed by atoms with Crippen molar-refractivity contribution in [3.05, 3.63) is 53.0 Å². The van der Waals surface area contributed by atoms with E-state index in [9.17, 15) is 22.4 Å². The largest absolute Gasteiger partial charge is 0.479 e. The quantitative estimate of drug-likeness (QED) is 0.560. The predicted molar refractivity (Wildman–Crippen MR) is 88.3 cm³/mol. The first kappa shape index (κ1) is 19.3. The lowest BCUT2D eigenvalue weighted by molar-refractivity contribution is 0.0474. The molecule has 1 aliphatic rings. The molecule has 1 aliphatic heterocycles. The lowest BCUT2D eigenvalue weighted by atomic mass is 9.97. The fourth-order valence-electron chi connectivity index (χ4n) is 3.34. The maximum atomic E-state index is 13.6. The second kappa shape index (κ2) is 7.62. The van der Waals surface area contributed by atoms with Crippen LogP contribution in [0.2, 0.25) is 0 Å². The summed E-state index contributed by atoms with van der Waals surface area (Å²) in [5.41, 5.74) is 0. The number of hydrogen-bond acceptors (Lipinski definition) is 3. The molecule has 2 heterocycles. The van der Waals surface area contributed by atoms with Gasteiger partial charge in [-0.2, -0.15) is 8.78 Å². The van der Waals surface area contributed by atoms with Gasteiger partial charge in [-0.25, -0.2) is 8.78 Å². The highest BCUT2D eigenvalue weighted by Crippen LogP contribution is 2.28. The number of likely N-dealkylation sites (tertiary alicyclic amines) is 1. The average molecular weight is 385 g/mol. The molecule has 0 radical (unpaired) electrons. The number of rotatable bonds is 4. The summed E-state index contributed by atoms with van der Waals surface area (Å²) >= 11 is 0. The zero-order valence-corrected chi connectivity index (χ0v) is 14.9. The standard InChI is InChI=1S/C19H19F4NO3/c1-10-4-3-5-11(2)24(10)19(25)15-7-6-12(27-15)9-26-18-16(22)13(20)8-14(21)17(18)23/h6-8,10-11H,3-5,9H2,1-2H3/t10-,11+. The molecular formula is C19H19F4NO3. The Hall–Kier alpha value is -2.51. The average Bonchev–Trinajstić information content (AvgIpc) is 3.09. The molecule has 0 spiro atoms. The molecule has 1 saturated heterocycles. The smallest absolute Gasteiger partial charge is 0.290 e. The van der Waals surface area contributed by atoms with Gasteiger partial charge in [0.15, 0.2) is 23.1 Å². The SMILES string of the molecule is C[C@@H]1CCC[C@H](C)N1C(=O)c1ccc(COc2c(F)c(F)cc(F)c2F)o1. The summed E-state index contributed by atoms with van der Waals surface area (Å²) in [7, 11) is 0. The van der Waals surface area contributed by atoms with E-state index in [0.717, 1.165) is 19.3 Å². The van der Waals surface area contributed by atoms with Crippen molar-refractivity contribution in [2.24, 2.45) is 0 Å². The molecule has 2 aromatic rings. The number of piperidine rings is 1. The van der Waals surface area contributed by atoms with E-state index in [-0.39, 0.29) is 35.6 Å². The Balaban J connectivity index is 1.73. The van der Waals surface area contributed by atoms with E-state index in [4.69, 9.17) is 9.15 Å². The summed E-state index contributed by atoms with van der Waals surface area (Å²) in [6.07, 6.45) is 2.84. The lowest BCUT2D eigenvalue weighted by Crippen LogP contribution is -2.47. The molecule has 0 aliphatic carbocycles. The number of hydrogen-bond donors (Lipinski definition) is 0. The van der Waals surface area contributed by atoms with E-state index in [2.05, 4.69) is 0 Å². The lowest BCUT2D eigenvalue weighted by Gasteiger charge is -2.38. The van der Waals surface area contributed by atoms with Gasteiger partial charge in [0.1, 0.15) is 12.4 Å². The summed E-state index contributed by atoms with van der Waals surface area (Å²) in [6.45, 7) is 3.43. The van der Waals surface area contributed by atoms with E-state index in [1.165, 1.54) is 12.1 Å². The maximum absolute atomic E-state index is 13.6. The first-order chi connectivity index (χ1) is 12.8. The Bertz CT molecular complexity index is 815. The van der Waals surface area contributed by atoms with Crippen LogP contribution in [0.5, 0.6) is 5.75 Å². The molecule has 4 nitrogen and oxygen atoms in total. The third-order valence-corrected chi connectivity index (χ3v) is 4.73. The molecule has 1 aromatic carbocycles. The Morgan fingerprint density at radius 2 is 1.70 bits per heavy atom. The van der Waals surface area contributed by atoms with Crippen molar-refractivity contribution in [1.82, 2.24) is 4.90 Å². The Morgan fingerprint density at radius 1 is 1.11 bits per heavy atom. The molecule has 0 unspecified atom stereocenters. The van der Waals surface area contributed by atoms with Crippen molar-refractivity contribution in [3.63, 3.8) is 0 Å². The van der Waals surface area contributed by atoms with Gasteiger partial charge in [-0.1, -0.05) is 0 Å². The summed E-state index contributed by atoms with van der Waals surface area (Å²) in [5.74, 6) is -7.68. The van der Waals surface area contributed by atoms with Crippen LogP contribution in [0, 0.1) is 23.3 Å². The van der Waals surface area contributed by atoms with Gasteiger partial charge in [-0.15, -0.1) is 0 Å². The Labute approximate surface area is 153 Å². The molecule has 0 bridgehead atoms. The first-order valence-electron chi connectivity index (χ1n) is 8.66. The van der Waals surface area contributed by atoms with E-state index in [1.54, 1.807) is 4.90 Å². The number of nitrogens with zero attached hydrogens (tertiary/aromatic N) is 1. The normalized spacial score (nSPS) is 20.0. The van der Waals surface area contributed by atoms with Gasteiger partial charge < -0.3 is 14.1 Å². The van der Waals surface area contributed by atoms with Crippen molar-refractivity contribution in [2.45, 2.75) is 51.8 Å². The number of benzene rings is 1. The zero-order chi connectivity index (χ0) is 19.7. The number of furan rings is 1. The number of halogens is 4. The molecular weight excluding hydrogens is 366 g/mol. The van der Waals surface area contributed by atoms with Gasteiger partial charge in [0.2, 0.25) is 11.6 Å². The van der Waals surface area contributed by atoms with Gasteiger partial charge in [0, 0.05) is 18.2 Å². The molecule has 1 amide bonds. The van der Waals surface area contributed by atoms with Crippen LogP contribution in [0.15, 0.2) is 22.6 Å². The van der Waals surface area contributed by atoms with Crippen molar-refractivity contribution in [2.75, 3.05) is 0 Å². The number of ether oxygens (including phenoxy) is 1. The Morgan fingerprint density at radius 3 is 2.30 bits per heavy atom. The summed E-state index contributed by atoms with van der Waals surface area (Å²) < 4.78 is 63.9. The van der Waals surface area contributed by atoms with Crippen LogP contribution in [-0.4, -0.2) is 22.9 Å². The van der Waals surface area contributed by atoms with Crippen LogP contribution in [0.1, 0.15) is 49.4 Å². The van der Waals surface area contributed by atoms with Crippen molar-refractivity contribution < 1.29 is 31.5 Å². The van der Waals surface area contributed by atoms with Gasteiger partial charge in [0.25, 0.3) is 5.91 Å². The van der Waals surface area contributed by atoms with Crippen molar-refractivity contribution in [3.8, 4) is 5.75 Å². The van der Waals surface area contributed by atoms with Crippen LogP contribution in [0.4, 0.5) is 17.6 Å². The fourth-order valence-corrected chi connectivity index (χ4v) is 3.34. The molecule has 27 heavy (non-hydrogen) atoms. The minimum absolute atomic E-state index is 0.0700. The van der Waals surface area contributed by atoms with Crippen LogP contribution in [0.3, 0.4) is 0 Å². The van der Waals surface area contributed by atoms with Crippen LogP contribution < -0.4 is 4.74 Å². The molecule has 2 atom stereocenters. The topological polar surface area (TPSA) is 42.7 Å². The molecule has 0 N–H and O–H groups in total. The zero-order valence-electron chi connectivity index (χ0n) is 14.9. The van der Waals surface area contributed by atoms with Gasteiger partial charge >= 0.3 is 0 Å². The van der Waals surface area contributed by atoms with Crippen LogP contribution in [0.25, 0.3) is 0 Å². The second-order valence-electron chi connectivity index (χ2n) is 6.69. The van der Waals surface area contributed by atoms with Crippen molar-refractivity contribution in [1.29, 1.82) is 0 Å². The fraction of sp³-hybridized carbons (Fsp3) is 0.421. The summed E-state index contributed by atoms with van der Waals surface area (Å²) in [5, 5.41) is 0. The van der Waals surface area contributed by atoms with Crippen molar-refractivity contribution >= 4 is 5.91 Å². The second-order valence-corrected chi connectivity index (χ2v) is 6.69. The third-order valence-electron chi connectivity index (χ3n) is 4.73. The van der Waals surface area contributed by atoms with Gasteiger partial charge in [-0.3, -0.25) is 4.79 Å². The highest BCUT2D eigenvalue weighted by molar-refractivity contribution is 5.92. The highest BCUT2D eigenvalue weighted by atomic mass is 19.2.